The maximum atomic E-state index is 12.8. The molecule has 1 aliphatic heterocycles. The molecule has 3 nitrogen and oxygen atoms in total. The van der Waals surface area contributed by atoms with Crippen LogP contribution >= 0.6 is 0 Å². The van der Waals surface area contributed by atoms with Gasteiger partial charge in [0, 0.05) is 23.2 Å². The highest BCUT2D eigenvalue weighted by Gasteiger charge is 2.32. The molecule has 0 N–H and O–H groups in total. The standard InChI is InChI=1S/C23H25NO2/c1-26-23-20-10-6-5-9-19(20)22(25)21(23)15-17-11-13-24(14-12-17)16-18-7-3-2-4-8-18/h2-10,17H,11-16H2,1H3. The normalized spacial score (nSPS) is 18.3. The summed E-state index contributed by atoms with van der Waals surface area (Å²) in [6.45, 7) is 3.20. The number of benzene rings is 2. The molecule has 1 fully saturated rings. The summed E-state index contributed by atoms with van der Waals surface area (Å²) in [7, 11) is 1.67. The van der Waals surface area contributed by atoms with E-state index < -0.39 is 0 Å². The molecule has 0 amide bonds. The summed E-state index contributed by atoms with van der Waals surface area (Å²) in [5.74, 6) is 1.50. The van der Waals surface area contributed by atoms with Crippen LogP contribution in [0.2, 0.25) is 0 Å². The highest BCUT2D eigenvalue weighted by atomic mass is 16.5. The largest absolute Gasteiger partial charge is 0.496 e. The summed E-state index contributed by atoms with van der Waals surface area (Å²) in [6.07, 6.45) is 3.10. The van der Waals surface area contributed by atoms with E-state index >= 15 is 0 Å². The lowest BCUT2D eigenvalue weighted by atomic mass is 9.88. The topological polar surface area (TPSA) is 29.5 Å². The molecule has 0 radical (unpaired) electrons. The zero-order valence-electron chi connectivity index (χ0n) is 15.3. The predicted octanol–water partition coefficient (Wildman–Crippen LogP) is 4.54. The first kappa shape index (κ1) is 17.0. The maximum Gasteiger partial charge on any atom is 0.193 e. The van der Waals surface area contributed by atoms with Crippen molar-refractivity contribution in [3.05, 3.63) is 76.9 Å². The molecule has 2 aromatic carbocycles. The Kier molecular flexibility index (Phi) is 4.89. The summed E-state index contributed by atoms with van der Waals surface area (Å²) >= 11 is 0. The van der Waals surface area contributed by atoms with Crippen molar-refractivity contribution in [1.82, 2.24) is 4.90 Å². The van der Waals surface area contributed by atoms with Gasteiger partial charge in [0.15, 0.2) is 5.78 Å². The van der Waals surface area contributed by atoms with Gasteiger partial charge in [0.05, 0.1) is 7.11 Å². The Hall–Kier alpha value is -2.39. The molecule has 4 rings (SSSR count). The molecule has 0 atom stereocenters. The van der Waals surface area contributed by atoms with Crippen LogP contribution in [0.5, 0.6) is 0 Å². The van der Waals surface area contributed by atoms with Crippen molar-refractivity contribution in [2.75, 3.05) is 20.2 Å². The van der Waals surface area contributed by atoms with Crippen molar-refractivity contribution in [2.45, 2.75) is 25.8 Å². The lowest BCUT2D eigenvalue weighted by Crippen LogP contribution is -2.33. The highest BCUT2D eigenvalue weighted by Crippen LogP contribution is 2.38. The number of hydrogen-bond acceptors (Lipinski definition) is 3. The van der Waals surface area contributed by atoms with Crippen LogP contribution in [0.25, 0.3) is 5.76 Å². The van der Waals surface area contributed by atoms with Crippen molar-refractivity contribution in [1.29, 1.82) is 0 Å². The Morgan fingerprint density at radius 2 is 1.62 bits per heavy atom. The third kappa shape index (κ3) is 3.32. The monoisotopic (exact) mass is 347 g/mol. The van der Waals surface area contributed by atoms with Gasteiger partial charge in [-0.15, -0.1) is 0 Å². The summed E-state index contributed by atoms with van der Waals surface area (Å²) in [6, 6.07) is 18.4. The Morgan fingerprint density at radius 3 is 2.31 bits per heavy atom. The van der Waals surface area contributed by atoms with Crippen LogP contribution in [-0.2, 0) is 11.3 Å². The molecular weight excluding hydrogens is 322 g/mol. The second-order valence-electron chi connectivity index (χ2n) is 7.30. The Bertz CT molecular complexity index is 817. The third-order valence-corrected chi connectivity index (χ3v) is 5.62. The van der Waals surface area contributed by atoms with E-state index in [1.54, 1.807) is 7.11 Å². The smallest absolute Gasteiger partial charge is 0.193 e. The average molecular weight is 347 g/mol. The molecule has 0 unspecified atom stereocenters. The van der Waals surface area contributed by atoms with E-state index in [1.165, 1.54) is 5.56 Å². The molecular formula is C23H25NO2. The number of Topliss-reactive ketones (excluding diaryl/α,β-unsaturated/α-hetero) is 1. The van der Waals surface area contributed by atoms with Gasteiger partial charge in [-0.1, -0.05) is 54.6 Å². The maximum absolute atomic E-state index is 12.8. The van der Waals surface area contributed by atoms with Crippen LogP contribution in [0.1, 0.15) is 40.7 Å². The Labute approximate surface area is 155 Å². The second-order valence-corrected chi connectivity index (χ2v) is 7.30. The Morgan fingerprint density at radius 1 is 0.962 bits per heavy atom. The number of allylic oxidation sites excluding steroid dienone is 1. The number of nitrogens with zero attached hydrogens (tertiary/aromatic N) is 1. The summed E-state index contributed by atoms with van der Waals surface area (Å²) in [5, 5.41) is 0. The molecule has 0 saturated carbocycles. The van der Waals surface area contributed by atoms with Crippen LogP contribution in [0.4, 0.5) is 0 Å². The molecule has 3 heteroatoms. The fourth-order valence-corrected chi connectivity index (χ4v) is 4.20. The van der Waals surface area contributed by atoms with Gasteiger partial charge in [-0.05, 0) is 43.8 Å². The summed E-state index contributed by atoms with van der Waals surface area (Å²) in [4.78, 5) is 15.3. The van der Waals surface area contributed by atoms with Gasteiger partial charge in [0.2, 0.25) is 0 Å². The van der Waals surface area contributed by atoms with Gasteiger partial charge in [0.1, 0.15) is 5.76 Å². The van der Waals surface area contributed by atoms with E-state index in [0.717, 1.165) is 61.4 Å². The van der Waals surface area contributed by atoms with Gasteiger partial charge in [-0.2, -0.15) is 0 Å². The van der Waals surface area contributed by atoms with Crippen LogP contribution in [0.3, 0.4) is 0 Å². The number of rotatable bonds is 5. The number of likely N-dealkylation sites (tertiary alicyclic amines) is 1. The van der Waals surface area contributed by atoms with Gasteiger partial charge in [-0.25, -0.2) is 0 Å². The van der Waals surface area contributed by atoms with Crippen molar-refractivity contribution < 1.29 is 9.53 Å². The van der Waals surface area contributed by atoms with Crippen LogP contribution in [0.15, 0.2) is 60.2 Å². The number of carbonyl (C=O) groups is 1. The number of carbonyl (C=O) groups excluding carboxylic acids is 1. The second kappa shape index (κ2) is 7.46. The number of piperidine rings is 1. The lowest BCUT2D eigenvalue weighted by Gasteiger charge is -2.32. The van der Waals surface area contributed by atoms with Crippen molar-refractivity contribution >= 4 is 11.5 Å². The first-order chi connectivity index (χ1) is 12.8. The molecule has 2 aliphatic rings. The zero-order chi connectivity index (χ0) is 17.9. The minimum absolute atomic E-state index is 0.157. The van der Waals surface area contributed by atoms with Crippen LogP contribution in [0, 0.1) is 5.92 Å². The molecule has 134 valence electrons. The number of ether oxygens (including phenoxy) is 1. The number of fused-ring (bicyclic) bond motifs is 1. The average Bonchev–Trinajstić information content (AvgIpc) is 2.96. The first-order valence-electron chi connectivity index (χ1n) is 9.44. The van der Waals surface area contributed by atoms with Gasteiger partial charge < -0.3 is 4.74 Å². The zero-order valence-corrected chi connectivity index (χ0v) is 15.3. The summed E-state index contributed by atoms with van der Waals surface area (Å²) in [5.41, 5.74) is 3.99. The van der Waals surface area contributed by atoms with Crippen molar-refractivity contribution in [2.24, 2.45) is 5.92 Å². The van der Waals surface area contributed by atoms with Crippen molar-refractivity contribution in [3.8, 4) is 0 Å². The lowest BCUT2D eigenvalue weighted by molar-refractivity contribution is 0.102. The molecule has 0 aromatic heterocycles. The van der Waals surface area contributed by atoms with Gasteiger partial charge in [0.25, 0.3) is 0 Å². The van der Waals surface area contributed by atoms with Crippen molar-refractivity contribution in [3.63, 3.8) is 0 Å². The molecule has 0 spiro atoms. The van der Waals surface area contributed by atoms with E-state index in [-0.39, 0.29) is 5.78 Å². The molecule has 2 aromatic rings. The molecule has 1 heterocycles. The predicted molar refractivity (Wildman–Crippen MR) is 104 cm³/mol. The quantitative estimate of drug-likeness (QED) is 0.795. The first-order valence-corrected chi connectivity index (χ1v) is 9.44. The third-order valence-electron chi connectivity index (χ3n) is 5.62. The highest BCUT2D eigenvalue weighted by molar-refractivity contribution is 6.19. The van der Waals surface area contributed by atoms with Crippen LogP contribution < -0.4 is 0 Å². The van der Waals surface area contributed by atoms with E-state index in [9.17, 15) is 4.79 Å². The summed E-state index contributed by atoms with van der Waals surface area (Å²) < 4.78 is 5.61. The SMILES string of the molecule is COC1=C(CC2CCN(Cc3ccccc3)CC2)C(=O)c2ccccc21. The van der Waals surface area contributed by atoms with E-state index in [2.05, 4.69) is 35.2 Å². The molecule has 1 saturated heterocycles. The number of hydrogen-bond donors (Lipinski definition) is 0. The molecule has 0 bridgehead atoms. The Balaban J connectivity index is 1.39. The minimum Gasteiger partial charge on any atom is -0.496 e. The van der Waals surface area contributed by atoms with Gasteiger partial charge in [-0.3, -0.25) is 9.69 Å². The van der Waals surface area contributed by atoms with E-state index in [1.807, 2.05) is 24.3 Å². The van der Waals surface area contributed by atoms with E-state index in [0.29, 0.717) is 5.92 Å². The van der Waals surface area contributed by atoms with Crippen LogP contribution in [-0.4, -0.2) is 30.9 Å². The molecule has 26 heavy (non-hydrogen) atoms. The number of ketones is 1. The fourth-order valence-electron chi connectivity index (χ4n) is 4.20. The fraction of sp³-hybridized carbons (Fsp3) is 0.348. The van der Waals surface area contributed by atoms with Gasteiger partial charge >= 0.3 is 0 Å². The van der Waals surface area contributed by atoms with E-state index in [4.69, 9.17) is 4.74 Å². The molecule has 1 aliphatic carbocycles. The number of methoxy groups -OCH3 is 1. The minimum atomic E-state index is 0.157.